The highest BCUT2D eigenvalue weighted by atomic mass is 16.5. The van der Waals surface area contributed by atoms with E-state index in [4.69, 9.17) is 4.74 Å². The van der Waals surface area contributed by atoms with Crippen LogP contribution in [0.25, 0.3) is 0 Å². The highest BCUT2D eigenvalue weighted by Gasteiger charge is 2.03. The molecule has 2 heterocycles. The number of rotatable bonds is 6. The summed E-state index contributed by atoms with van der Waals surface area (Å²) in [6, 6.07) is 10.0. The zero-order valence-corrected chi connectivity index (χ0v) is 10.9. The van der Waals surface area contributed by atoms with Gasteiger partial charge >= 0.3 is 0 Å². The minimum Gasteiger partial charge on any atom is -0.481 e. The Morgan fingerprint density at radius 3 is 2.94 bits per heavy atom. The predicted molar refractivity (Wildman–Crippen MR) is 71.7 cm³/mol. The quantitative estimate of drug-likeness (QED) is 0.846. The number of nitrogens with one attached hydrogen (secondary N) is 1. The summed E-state index contributed by atoms with van der Waals surface area (Å²) in [6.07, 6.45) is 2.08. The van der Waals surface area contributed by atoms with E-state index in [1.807, 2.05) is 18.2 Å². The first-order chi connectivity index (χ1) is 8.83. The van der Waals surface area contributed by atoms with Crippen molar-refractivity contribution in [2.75, 3.05) is 13.7 Å². The summed E-state index contributed by atoms with van der Waals surface area (Å²) in [4.78, 5) is 4.42. The highest BCUT2D eigenvalue weighted by Crippen LogP contribution is 2.10. The lowest BCUT2D eigenvalue weighted by Gasteiger charge is -2.10. The molecule has 0 saturated carbocycles. The van der Waals surface area contributed by atoms with Crippen molar-refractivity contribution in [1.29, 1.82) is 0 Å². The van der Waals surface area contributed by atoms with Crippen LogP contribution in [0.3, 0.4) is 0 Å². The Balaban J connectivity index is 2.10. The van der Waals surface area contributed by atoms with Gasteiger partial charge in [-0.15, -0.1) is 0 Å². The molecular weight excluding hydrogens is 226 g/mol. The van der Waals surface area contributed by atoms with Crippen molar-refractivity contribution in [2.24, 2.45) is 0 Å². The number of hydrogen-bond acceptors (Lipinski definition) is 3. The van der Waals surface area contributed by atoms with Crippen LogP contribution in [0.5, 0.6) is 5.88 Å². The summed E-state index contributed by atoms with van der Waals surface area (Å²) in [5, 5.41) is 3.33. The maximum Gasteiger partial charge on any atom is 0.213 e. The fourth-order valence-corrected chi connectivity index (χ4v) is 1.85. The zero-order chi connectivity index (χ0) is 12.8. The van der Waals surface area contributed by atoms with Gasteiger partial charge in [-0.25, -0.2) is 4.98 Å². The first-order valence-corrected chi connectivity index (χ1v) is 6.18. The molecule has 0 spiro atoms. The molecule has 0 atom stereocenters. The van der Waals surface area contributed by atoms with Crippen molar-refractivity contribution in [3.63, 3.8) is 0 Å². The molecule has 0 radical (unpaired) electrons. The molecule has 2 aromatic heterocycles. The molecule has 0 unspecified atom stereocenters. The largest absolute Gasteiger partial charge is 0.481 e. The molecule has 1 N–H and O–H groups in total. The van der Waals surface area contributed by atoms with Crippen molar-refractivity contribution < 1.29 is 4.74 Å². The van der Waals surface area contributed by atoms with Crippen molar-refractivity contribution >= 4 is 0 Å². The van der Waals surface area contributed by atoms with Crippen LogP contribution in [-0.4, -0.2) is 23.2 Å². The van der Waals surface area contributed by atoms with E-state index < -0.39 is 0 Å². The highest BCUT2D eigenvalue weighted by molar-refractivity contribution is 5.17. The average molecular weight is 245 g/mol. The third kappa shape index (κ3) is 3.11. The van der Waals surface area contributed by atoms with Crippen molar-refractivity contribution in [2.45, 2.75) is 20.0 Å². The molecule has 2 rings (SSSR count). The second-order valence-electron chi connectivity index (χ2n) is 4.08. The Labute approximate surface area is 108 Å². The number of ether oxygens (including phenoxy) is 1. The molecular formula is C14H19N3O. The lowest BCUT2D eigenvalue weighted by atomic mass is 10.3. The van der Waals surface area contributed by atoms with E-state index in [9.17, 15) is 0 Å². The van der Waals surface area contributed by atoms with Gasteiger partial charge in [0.05, 0.1) is 19.3 Å². The third-order valence-electron chi connectivity index (χ3n) is 2.80. The van der Waals surface area contributed by atoms with Crippen LogP contribution in [-0.2, 0) is 13.1 Å². The van der Waals surface area contributed by atoms with Crippen LogP contribution in [0.4, 0.5) is 0 Å². The summed E-state index contributed by atoms with van der Waals surface area (Å²) >= 11 is 0. The van der Waals surface area contributed by atoms with Gasteiger partial charge in [0.2, 0.25) is 5.88 Å². The molecule has 0 amide bonds. The van der Waals surface area contributed by atoms with Crippen molar-refractivity contribution in [3.8, 4) is 5.88 Å². The van der Waals surface area contributed by atoms with Crippen molar-refractivity contribution in [3.05, 3.63) is 47.9 Å². The minimum absolute atomic E-state index is 0.660. The summed E-state index contributed by atoms with van der Waals surface area (Å²) in [5.74, 6) is 0.660. The standard InChI is InChI=1S/C14H19N3O/c1-3-15-10-13-7-5-9-17(13)11-12-6-4-8-14(16-12)18-2/h4-9,15H,3,10-11H2,1-2H3. The lowest BCUT2D eigenvalue weighted by molar-refractivity contribution is 0.396. The van der Waals surface area contributed by atoms with Crippen LogP contribution in [0.15, 0.2) is 36.5 Å². The van der Waals surface area contributed by atoms with Crippen LogP contribution in [0.1, 0.15) is 18.3 Å². The van der Waals surface area contributed by atoms with E-state index in [1.54, 1.807) is 7.11 Å². The molecule has 0 aromatic carbocycles. The molecule has 0 bridgehead atoms. The van der Waals surface area contributed by atoms with E-state index in [1.165, 1.54) is 5.69 Å². The molecule has 18 heavy (non-hydrogen) atoms. The molecule has 0 aliphatic carbocycles. The lowest BCUT2D eigenvalue weighted by Crippen LogP contribution is -2.15. The third-order valence-corrected chi connectivity index (χ3v) is 2.80. The van der Waals surface area contributed by atoms with E-state index in [0.717, 1.165) is 25.3 Å². The summed E-state index contributed by atoms with van der Waals surface area (Å²) < 4.78 is 7.34. The summed E-state index contributed by atoms with van der Waals surface area (Å²) in [5.41, 5.74) is 2.27. The number of nitrogens with zero attached hydrogens (tertiary/aromatic N) is 2. The minimum atomic E-state index is 0.660. The molecule has 0 aliphatic heterocycles. The Morgan fingerprint density at radius 1 is 1.28 bits per heavy atom. The Bertz CT molecular complexity index is 493. The van der Waals surface area contributed by atoms with Gasteiger partial charge in [0.25, 0.3) is 0 Å². The van der Waals surface area contributed by atoms with E-state index >= 15 is 0 Å². The maximum atomic E-state index is 5.14. The van der Waals surface area contributed by atoms with Crippen LogP contribution in [0.2, 0.25) is 0 Å². The Kier molecular flexibility index (Phi) is 4.36. The monoisotopic (exact) mass is 245 g/mol. The van der Waals surface area contributed by atoms with E-state index in [-0.39, 0.29) is 0 Å². The molecule has 0 aliphatic rings. The van der Waals surface area contributed by atoms with Crippen LogP contribution < -0.4 is 10.1 Å². The number of aromatic nitrogens is 2. The second kappa shape index (κ2) is 6.21. The van der Waals surface area contributed by atoms with Crippen LogP contribution >= 0.6 is 0 Å². The zero-order valence-electron chi connectivity index (χ0n) is 10.9. The fraction of sp³-hybridized carbons (Fsp3) is 0.357. The van der Waals surface area contributed by atoms with Gasteiger partial charge in [0, 0.05) is 24.5 Å². The first kappa shape index (κ1) is 12.6. The molecule has 0 saturated heterocycles. The Morgan fingerprint density at radius 2 is 2.17 bits per heavy atom. The van der Waals surface area contributed by atoms with Gasteiger partial charge in [0.15, 0.2) is 0 Å². The van der Waals surface area contributed by atoms with E-state index in [2.05, 4.69) is 40.1 Å². The van der Waals surface area contributed by atoms with Gasteiger partial charge in [-0.2, -0.15) is 0 Å². The van der Waals surface area contributed by atoms with Gasteiger partial charge < -0.3 is 14.6 Å². The summed E-state index contributed by atoms with van der Waals surface area (Å²) in [7, 11) is 1.64. The predicted octanol–water partition coefficient (Wildman–Crippen LogP) is 2.05. The SMILES string of the molecule is CCNCc1cccn1Cc1cccc(OC)n1. The smallest absolute Gasteiger partial charge is 0.213 e. The second-order valence-corrected chi connectivity index (χ2v) is 4.08. The molecule has 0 fully saturated rings. The van der Waals surface area contributed by atoms with E-state index in [0.29, 0.717) is 5.88 Å². The molecule has 2 aromatic rings. The topological polar surface area (TPSA) is 39.1 Å². The number of methoxy groups -OCH3 is 1. The number of hydrogen-bond donors (Lipinski definition) is 1. The van der Waals surface area contributed by atoms with Gasteiger partial charge in [-0.1, -0.05) is 13.0 Å². The molecule has 4 heteroatoms. The summed E-state index contributed by atoms with van der Waals surface area (Å²) in [6.45, 7) is 4.73. The Hall–Kier alpha value is -1.81. The fourth-order valence-electron chi connectivity index (χ4n) is 1.85. The van der Waals surface area contributed by atoms with Crippen molar-refractivity contribution in [1.82, 2.24) is 14.9 Å². The molecule has 96 valence electrons. The average Bonchev–Trinajstić information content (AvgIpc) is 2.84. The van der Waals surface area contributed by atoms with Gasteiger partial charge in [-0.3, -0.25) is 0 Å². The maximum absolute atomic E-state index is 5.14. The molecule has 4 nitrogen and oxygen atoms in total. The normalized spacial score (nSPS) is 10.6. The van der Waals surface area contributed by atoms with Crippen LogP contribution in [0, 0.1) is 0 Å². The van der Waals surface area contributed by atoms with Gasteiger partial charge in [0.1, 0.15) is 0 Å². The van der Waals surface area contributed by atoms with Gasteiger partial charge in [-0.05, 0) is 24.7 Å². The number of pyridine rings is 1. The first-order valence-electron chi connectivity index (χ1n) is 6.18.